The van der Waals surface area contributed by atoms with Gasteiger partial charge < -0.3 is 0 Å². The molecule has 0 fully saturated rings. The maximum absolute atomic E-state index is 11.3. The van der Waals surface area contributed by atoms with Crippen LogP contribution >= 0.6 is 0 Å². The zero-order chi connectivity index (χ0) is 10.1. The molecule has 0 amide bonds. The van der Waals surface area contributed by atoms with Crippen LogP contribution in [0.1, 0.15) is 5.69 Å². The molecule has 2 aromatic rings. The molecule has 5 nitrogen and oxygen atoms in total. The van der Waals surface area contributed by atoms with Crippen LogP contribution in [0.2, 0.25) is 0 Å². The number of hydrogen-bond acceptors (Lipinski definition) is 3. The Morgan fingerprint density at radius 3 is 2.64 bits per heavy atom. The molecule has 0 saturated carbocycles. The molecule has 0 aliphatic carbocycles. The van der Waals surface area contributed by atoms with Crippen molar-refractivity contribution >= 4 is 0 Å². The van der Waals surface area contributed by atoms with Gasteiger partial charge >= 0.3 is 0 Å². The van der Waals surface area contributed by atoms with Gasteiger partial charge in [0, 0.05) is 31.2 Å². The number of aromatic nitrogens is 4. The molecule has 0 atom stereocenters. The molecular weight excluding hydrogens is 180 g/mol. The van der Waals surface area contributed by atoms with Gasteiger partial charge in [0.15, 0.2) is 5.82 Å². The van der Waals surface area contributed by atoms with Crippen LogP contribution in [0.15, 0.2) is 29.5 Å². The number of aryl methyl sites for hydroxylation is 1. The van der Waals surface area contributed by atoms with Crippen LogP contribution in [-0.2, 0) is 7.05 Å². The summed E-state index contributed by atoms with van der Waals surface area (Å²) < 4.78 is 3.22. The standard InChI is InChI=1S/C9H10N4O/c1-7-5-9(14)12(2)13(7)8-6-10-3-4-11-8/h3-6H,1-2H3. The van der Waals surface area contributed by atoms with Gasteiger partial charge in [0.1, 0.15) is 0 Å². The molecule has 0 aliphatic heterocycles. The predicted molar refractivity (Wildman–Crippen MR) is 51.3 cm³/mol. The summed E-state index contributed by atoms with van der Waals surface area (Å²) in [5.74, 6) is 0.648. The van der Waals surface area contributed by atoms with Gasteiger partial charge in [-0.2, -0.15) is 0 Å². The highest BCUT2D eigenvalue weighted by atomic mass is 16.1. The average molecular weight is 190 g/mol. The lowest BCUT2D eigenvalue weighted by molar-refractivity contribution is 0.616. The molecule has 2 rings (SSSR count). The van der Waals surface area contributed by atoms with Crippen molar-refractivity contribution in [3.8, 4) is 5.82 Å². The van der Waals surface area contributed by atoms with Gasteiger partial charge in [0.05, 0.1) is 6.20 Å². The van der Waals surface area contributed by atoms with E-state index in [1.165, 1.54) is 4.68 Å². The SMILES string of the molecule is Cc1cc(=O)n(C)n1-c1cnccn1. The van der Waals surface area contributed by atoms with Crippen molar-refractivity contribution in [2.75, 3.05) is 0 Å². The Balaban J connectivity index is 2.69. The molecule has 0 N–H and O–H groups in total. The fourth-order valence-corrected chi connectivity index (χ4v) is 1.40. The van der Waals surface area contributed by atoms with Crippen molar-refractivity contribution in [3.63, 3.8) is 0 Å². The van der Waals surface area contributed by atoms with Crippen LogP contribution in [0.4, 0.5) is 0 Å². The highest BCUT2D eigenvalue weighted by molar-refractivity contribution is 5.20. The quantitative estimate of drug-likeness (QED) is 0.648. The predicted octanol–water partition coefficient (Wildman–Crippen LogP) is 0.274. The Morgan fingerprint density at radius 1 is 1.36 bits per heavy atom. The lowest BCUT2D eigenvalue weighted by Gasteiger charge is -2.07. The highest BCUT2D eigenvalue weighted by Gasteiger charge is 2.06. The van der Waals surface area contributed by atoms with Crippen molar-refractivity contribution in [2.24, 2.45) is 7.05 Å². The third kappa shape index (κ3) is 1.22. The second-order valence-electron chi connectivity index (χ2n) is 3.02. The van der Waals surface area contributed by atoms with E-state index >= 15 is 0 Å². The van der Waals surface area contributed by atoms with Crippen molar-refractivity contribution in [3.05, 3.63) is 40.7 Å². The van der Waals surface area contributed by atoms with Crippen LogP contribution in [0, 0.1) is 6.92 Å². The van der Waals surface area contributed by atoms with Crippen molar-refractivity contribution in [2.45, 2.75) is 6.92 Å². The normalized spacial score (nSPS) is 10.4. The summed E-state index contributed by atoms with van der Waals surface area (Å²) in [6, 6.07) is 1.56. The molecular formula is C9H10N4O. The first-order valence-electron chi connectivity index (χ1n) is 4.22. The fourth-order valence-electron chi connectivity index (χ4n) is 1.40. The average Bonchev–Trinajstić information content (AvgIpc) is 2.43. The van der Waals surface area contributed by atoms with Crippen LogP contribution < -0.4 is 5.56 Å². The molecule has 2 heterocycles. The van der Waals surface area contributed by atoms with Gasteiger partial charge in [-0.05, 0) is 6.92 Å². The molecule has 0 aromatic carbocycles. The van der Waals surface area contributed by atoms with Crippen molar-refractivity contribution in [1.29, 1.82) is 0 Å². The third-order valence-corrected chi connectivity index (χ3v) is 2.05. The summed E-state index contributed by atoms with van der Waals surface area (Å²) in [6.07, 6.45) is 4.81. The van der Waals surface area contributed by atoms with Gasteiger partial charge in [-0.25, -0.2) is 14.3 Å². The van der Waals surface area contributed by atoms with E-state index in [1.807, 2.05) is 6.92 Å². The second-order valence-corrected chi connectivity index (χ2v) is 3.02. The molecule has 0 bridgehead atoms. The van der Waals surface area contributed by atoms with Crippen LogP contribution in [0.5, 0.6) is 0 Å². The summed E-state index contributed by atoms with van der Waals surface area (Å²) in [5.41, 5.74) is 0.797. The van der Waals surface area contributed by atoms with E-state index in [9.17, 15) is 4.79 Å². The Bertz CT molecular complexity index is 497. The monoisotopic (exact) mass is 190 g/mol. The number of rotatable bonds is 1. The van der Waals surface area contributed by atoms with Gasteiger partial charge in [0.2, 0.25) is 0 Å². The van der Waals surface area contributed by atoms with Gasteiger partial charge in [0.25, 0.3) is 5.56 Å². The van der Waals surface area contributed by atoms with Crippen molar-refractivity contribution < 1.29 is 0 Å². The van der Waals surface area contributed by atoms with E-state index < -0.39 is 0 Å². The topological polar surface area (TPSA) is 52.7 Å². The molecule has 0 radical (unpaired) electrons. The Hall–Kier alpha value is -1.91. The van der Waals surface area contributed by atoms with E-state index in [2.05, 4.69) is 9.97 Å². The first-order valence-corrected chi connectivity index (χ1v) is 4.22. The molecule has 14 heavy (non-hydrogen) atoms. The first kappa shape index (κ1) is 8.68. The zero-order valence-corrected chi connectivity index (χ0v) is 8.01. The van der Waals surface area contributed by atoms with E-state index in [4.69, 9.17) is 0 Å². The summed E-state index contributed by atoms with van der Waals surface area (Å²) in [4.78, 5) is 19.4. The lowest BCUT2D eigenvalue weighted by Crippen LogP contribution is -2.18. The molecule has 2 aromatic heterocycles. The summed E-state index contributed by atoms with van der Waals surface area (Å²) >= 11 is 0. The van der Waals surface area contributed by atoms with Crippen LogP contribution in [0.25, 0.3) is 5.82 Å². The smallest absolute Gasteiger partial charge is 0.267 e. The fraction of sp³-hybridized carbons (Fsp3) is 0.222. The first-order chi connectivity index (χ1) is 6.70. The summed E-state index contributed by atoms with van der Waals surface area (Å²) in [5, 5.41) is 0. The van der Waals surface area contributed by atoms with E-state index in [0.717, 1.165) is 5.69 Å². The maximum Gasteiger partial charge on any atom is 0.267 e. The van der Waals surface area contributed by atoms with Gasteiger partial charge in [-0.3, -0.25) is 9.78 Å². The Labute approximate surface area is 80.6 Å². The third-order valence-electron chi connectivity index (χ3n) is 2.05. The minimum absolute atomic E-state index is 0.0480. The molecule has 5 heteroatoms. The van der Waals surface area contributed by atoms with Gasteiger partial charge in [-0.1, -0.05) is 0 Å². The van der Waals surface area contributed by atoms with Gasteiger partial charge in [-0.15, -0.1) is 0 Å². The Morgan fingerprint density at radius 2 is 2.14 bits per heavy atom. The van der Waals surface area contributed by atoms with Crippen molar-refractivity contribution in [1.82, 2.24) is 19.3 Å². The molecule has 0 unspecified atom stereocenters. The van der Waals surface area contributed by atoms with E-state index in [0.29, 0.717) is 5.82 Å². The highest BCUT2D eigenvalue weighted by Crippen LogP contribution is 2.03. The summed E-state index contributed by atoms with van der Waals surface area (Å²) in [7, 11) is 1.70. The summed E-state index contributed by atoms with van der Waals surface area (Å²) in [6.45, 7) is 1.86. The number of hydrogen-bond donors (Lipinski definition) is 0. The second kappa shape index (κ2) is 3.10. The van der Waals surface area contributed by atoms with Crippen LogP contribution in [-0.4, -0.2) is 19.3 Å². The molecule has 0 saturated heterocycles. The minimum Gasteiger partial charge on any atom is -0.268 e. The van der Waals surface area contributed by atoms with Crippen LogP contribution in [0.3, 0.4) is 0 Å². The lowest BCUT2D eigenvalue weighted by atomic mass is 10.5. The van der Waals surface area contributed by atoms with E-state index in [-0.39, 0.29) is 5.56 Å². The zero-order valence-electron chi connectivity index (χ0n) is 8.01. The molecule has 72 valence electrons. The minimum atomic E-state index is -0.0480. The Kier molecular flexibility index (Phi) is 1.92. The molecule has 0 spiro atoms. The molecule has 0 aliphatic rings. The largest absolute Gasteiger partial charge is 0.268 e. The maximum atomic E-state index is 11.3. The van der Waals surface area contributed by atoms with E-state index in [1.54, 1.807) is 36.4 Å². The number of nitrogens with zero attached hydrogens (tertiary/aromatic N) is 4.